The van der Waals surface area contributed by atoms with Crippen molar-refractivity contribution in [3.8, 4) is 5.75 Å². The molecule has 0 spiro atoms. The molecule has 0 N–H and O–H groups in total. The zero-order valence-corrected chi connectivity index (χ0v) is 34.4. The molecule has 0 aromatic heterocycles. The summed E-state index contributed by atoms with van der Waals surface area (Å²) < 4.78 is 33.6. The molecule has 0 saturated carbocycles. The number of likely N-dealkylation sites (N-methyl/N-ethyl adjacent to an activating group) is 1. The van der Waals surface area contributed by atoms with Crippen LogP contribution < -0.4 is 4.74 Å². The Morgan fingerprint density at radius 1 is 0.483 bits per heavy atom. The summed E-state index contributed by atoms with van der Waals surface area (Å²) in [6.07, 6.45) is -0.232. The fraction of sp³-hybridized carbons (Fsp3) is 0.294. The number of hydrogen-bond donors (Lipinski definition) is 0. The van der Waals surface area contributed by atoms with Crippen LogP contribution in [0.3, 0.4) is 0 Å². The third-order valence-corrected chi connectivity index (χ3v) is 11.9. The lowest BCUT2D eigenvalue weighted by atomic mass is 9.94. The monoisotopic (exact) mass is 793 g/mol. The van der Waals surface area contributed by atoms with E-state index in [2.05, 4.69) is 165 Å². The Morgan fingerprint density at radius 3 is 1.53 bits per heavy atom. The van der Waals surface area contributed by atoms with Gasteiger partial charge in [0.2, 0.25) is 0 Å². The van der Waals surface area contributed by atoms with Crippen LogP contribution in [-0.2, 0) is 51.8 Å². The van der Waals surface area contributed by atoms with Gasteiger partial charge in [-0.3, -0.25) is 0 Å². The summed E-state index contributed by atoms with van der Waals surface area (Å²) in [4.78, 5) is 2.12. The summed E-state index contributed by atoms with van der Waals surface area (Å²) in [5.74, 6) is 0.891. The van der Waals surface area contributed by atoms with Gasteiger partial charge in [0.15, 0.2) is 0 Å². The summed E-state index contributed by atoms with van der Waals surface area (Å²) in [6.45, 7) is 3.90. The first kappa shape index (κ1) is 41.4. The van der Waals surface area contributed by atoms with Crippen molar-refractivity contribution in [1.29, 1.82) is 0 Å². The molecule has 0 radical (unpaired) electrons. The first-order chi connectivity index (χ1) is 28.6. The van der Waals surface area contributed by atoms with Gasteiger partial charge in [0.1, 0.15) is 30.7 Å². The fourth-order valence-electron chi connectivity index (χ4n) is 7.22. The quantitative estimate of drug-likeness (QED) is 0.0763. The zero-order chi connectivity index (χ0) is 39.8. The normalized spacial score (nSPS) is 19.3. The van der Waals surface area contributed by atoms with Crippen LogP contribution in [0.15, 0.2) is 170 Å². The second-order valence-electron chi connectivity index (χ2n) is 15.1. The smallest absolute Gasteiger partial charge is 0.119 e. The van der Waals surface area contributed by atoms with Gasteiger partial charge in [-0.1, -0.05) is 158 Å². The molecule has 7 rings (SSSR count). The van der Waals surface area contributed by atoms with Crippen LogP contribution in [0.2, 0.25) is 0 Å². The summed E-state index contributed by atoms with van der Waals surface area (Å²) in [7, 11) is 4.11. The lowest BCUT2D eigenvalue weighted by Crippen LogP contribution is -2.54. The summed E-state index contributed by atoms with van der Waals surface area (Å²) in [5.41, 5.74) is 8.15. The molecule has 1 aliphatic heterocycles. The SMILES string of the molecule is CN(C)CCOc1ccc(Cc2cccc([C@@H]3S[C@H](COCc4ccccc4)[C@@H](OCc4ccccc4)[C@H](OCc4ccccc4)[C@H]3OCc3ccccc3)c2)cc1. The van der Waals surface area contributed by atoms with Crippen molar-refractivity contribution in [2.45, 2.75) is 61.7 Å². The largest absolute Gasteiger partial charge is 0.492 e. The first-order valence-electron chi connectivity index (χ1n) is 20.3. The third-order valence-electron chi connectivity index (χ3n) is 10.3. The predicted octanol–water partition coefficient (Wildman–Crippen LogP) is 10.3. The highest BCUT2D eigenvalue weighted by Gasteiger charge is 2.48. The van der Waals surface area contributed by atoms with Gasteiger partial charge >= 0.3 is 0 Å². The van der Waals surface area contributed by atoms with E-state index < -0.39 is 6.10 Å². The molecule has 1 fully saturated rings. The van der Waals surface area contributed by atoms with Crippen molar-refractivity contribution >= 4 is 11.8 Å². The molecule has 5 atom stereocenters. The minimum Gasteiger partial charge on any atom is -0.492 e. The Balaban J connectivity index is 1.20. The molecule has 0 unspecified atom stereocenters. The van der Waals surface area contributed by atoms with Crippen molar-refractivity contribution < 1.29 is 23.7 Å². The molecular formula is C51H55NO5S. The molecule has 1 saturated heterocycles. The minimum absolute atomic E-state index is 0.0431. The number of nitrogens with zero attached hydrogens (tertiary/aromatic N) is 1. The lowest BCUT2D eigenvalue weighted by Gasteiger charge is -2.46. The Kier molecular flexibility index (Phi) is 15.6. The molecule has 6 aromatic carbocycles. The zero-order valence-electron chi connectivity index (χ0n) is 33.6. The lowest BCUT2D eigenvalue weighted by molar-refractivity contribution is -0.160. The maximum absolute atomic E-state index is 7.08. The summed E-state index contributed by atoms with van der Waals surface area (Å²) in [6, 6.07) is 59.0. The van der Waals surface area contributed by atoms with Crippen molar-refractivity contribution in [3.05, 3.63) is 209 Å². The van der Waals surface area contributed by atoms with Crippen molar-refractivity contribution in [1.82, 2.24) is 4.90 Å². The molecule has 1 heterocycles. The summed E-state index contributed by atoms with van der Waals surface area (Å²) >= 11 is 1.88. The van der Waals surface area contributed by atoms with Crippen molar-refractivity contribution in [3.63, 3.8) is 0 Å². The second kappa shape index (κ2) is 21.9. The molecule has 0 aliphatic carbocycles. The second-order valence-corrected chi connectivity index (χ2v) is 16.5. The topological polar surface area (TPSA) is 49.4 Å². The van der Waals surface area contributed by atoms with E-state index >= 15 is 0 Å². The molecule has 300 valence electrons. The van der Waals surface area contributed by atoms with E-state index in [4.69, 9.17) is 23.7 Å². The van der Waals surface area contributed by atoms with E-state index in [0.717, 1.165) is 41.0 Å². The van der Waals surface area contributed by atoms with Gasteiger partial charge in [0.25, 0.3) is 0 Å². The van der Waals surface area contributed by atoms with Crippen LogP contribution in [0.1, 0.15) is 44.2 Å². The number of ether oxygens (including phenoxy) is 5. The van der Waals surface area contributed by atoms with E-state index in [0.29, 0.717) is 39.6 Å². The van der Waals surface area contributed by atoms with Crippen LogP contribution >= 0.6 is 11.8 Å². The minimum atomic E-state index is -0.395. The molecule has 6 aromatic rings. The van der Waals surface area contributed by atoms with E-state index in [9.17, 15) is 0 Å². The Hall–Kier alpha value is -4.73. The van der Waals surface area contributed by atoms with Crippen LogP contribution in [0, 0.1) is 0 Å². The van der Waals surface area contributed by atoms with Crippen molar-refractivity contribution in [2.24, 2.45) is 0 Å². The average Bonchev–Trinajstić information content (AvgIpc) is 3.26. The number of benzene rings is 6. The van der Waals surface area contributed by atoms with E-state index in [1.54, 1.807) is 0 Å². The third kappa shape index (κ3) is 12.4. The molecule has 58 heavy (non-hydrogen) atoms. The maximum Gasteiger partial charge on any atom is 0.119 e. The van der Waals surface area contributed by atoms with E-state index in [1.165, 1.54) is 16.7 Å². The number of rotatable bonds is 20. The highest BCUT2D eigenvalue weighted by Crippen LogP contribution is 2.47. The standard InChI is InChI=1S/C51H55NO5S/c1-52(2)30-31-54-46-28-26-39(27-29-46)32-44-24-15-25-45(33-44)51-50(57-37-43-22-13-6-14-23-43)49(56-36-42-20-11-5-12-21-42)48(55-35-41-18-9-4-10-19-41)47(58-51)38-53-34-40-16-7-3-8-17-40/h3-29,33,47-51H,30-32,34-38H2,1-2H3/t47-,48-,49+,50-,51+/m1/s1. The molecular weight excluding hydrogens is 739 g/mol. The number of thioether (sulfide) groups is 1. The fourth-order valence-corrected chi connectivity index (χ4v) is 8.85. The molecule has 7 heteroatoms. The Morgan fingerprint density at radius 2 is 0.983 bits per heavy atom. The maximum atomic E-state index is 7.08. The molecule has 0 amide bonds. The van der Waals surface area contributed by atoms with Gasteiger partial charge in [0.05, 0.1) is 43.5 Å². The van der Waals surface area contributed by atoms with E-state index in [-0.39, 0.29) is 22.7 Å². The van der Waals surface area contributed by atoms with Crippen molar-refractivity contribution in [2.75, 3.05) is 33.9 Å². The van der Waals surface area contributed by atoms with E-state index in [1.807, 2.05) is 36.0 Å². The van der Waals surface area contributed by atoms with Crippen LogP contribution in [0.5, 0.6) is 5.75 Å². The number of hydrogen-bond acceptors (Lipinski definition) is 7. The van der Waals surface area contributed by atoms with Gasteiger partial charge < -0.3 is 28.6 Å². The highest BCUT2D eigenvalue weighted by molar-refractivity contribution is 8.00. The highest BCUT2D eigenvalue weighted by atomic mass is 32.2. The first-order valence-corrected chi connectivity index (χ1v) is 21.2. The predicted molar refractivity (Wildman–Crippen MR) is 235 cm³/mol. The van der Waals surface area contributed by atoms with Crippen LogP contribution in [0.25, 0.3) is 0 Å². The van der Waals surface area contributed by atoms with Gasteiger partial charge in [-0.05, 0) is 71.6 Å². The molecule has 0 bridgehead atoms. The van der Waals surface area contributed by atoms with Gasteiger partial charge in [0, 0.05) is 6.54 Å². The van der Waals surface area contributed by atoms with Crippen LogP contribution in [0.4, 0.5) is 0 Å². The van der Waals surface area contributed by atoms with Gasteiger partial charge in [-0.15, -0.1) is 11.8 Å². The average molecular weight is 794 g/mol. The Labute approximate surface area is 349 Å². The summed E-state index contributed by atoms with van der Waals surface area (Å²) in [5, 5.41) is -0.0997. The van der Waals surface area contributed by atoms with Gasteiger partial charge in [-0.25, -0.2) is 0 Å². The van der Waals surface area contributed by atoms with Crippen LogP contribution in [-0.4, -0.2) is 62.3 Å². The Bertz CT molecular complexity index is 2050. The van der Waals surface area contributed by atoms with Gasteiger partial charge in [-0.2, -0.15) is 0 Å². The molecule has 1 aliphatic rings. The molecule has 6 nitrogen and oxygen atoms in total.